The van der Waals surface area contributed by atoms with Gasteiger partial charge >= 0.3 is 6.18 Å². The molecule has 1 atom stereocenters. The van der Waals surface area contributed by atoms with Gasteiger partial charge in [-0.2, -0.15) is 18.3 Å². The van der Waals surface area contributed by atoms with Crippen LogP contribution < -0.4 is 10.9 Å². The molecule has 0 saturated heterocycles. The largest absolute Gasteiger partial charge is 0.416 e. The van der Waals surface area contributed by atoms with E-state index in [1.807, 2.05) is 0 Å². The van der Waals surface area contributed by atoms with Gasteiger partial charge in [0.1, 0.15) is 6.04 Å². The van der Waals surface area contributed by atoms with Crippen LogP contribution in [-0.4, -0.2) is 15.7 Å². The van der Waals surface area contributed by atoms with Crippen LogP contribution in [0, 0.1) is 6.92 Å². The summed E-state index contributed by atoms with van der Waals surface area (Å²) in [5.41, 5.74) is -0.472. The molecule has 0 aliphatic rings. The van der Waals surface area contributed by atoms with Gasteiger partial charge < -0.3 is 5.32 Å². The fourth-order valence-corrected chi connectivity index (χ4v) is 1.90. The molecule has 23 heavy (non-hydrogen) atoms. The maximum absolute atomic E-state index is 12.5. The van der Waals surface area contributed by atoms with E-state index in [0.29, 0.717) is 5.69 Å². The van der Waals surface area contributed by atoms with Crippen LogP contribution >= 0.6 is 0 Å². The zero-order valence-corrected chi connectivity index (χ0v) is 12.4. The number of hydrogen-bond donors (Lipinski definition) is 1. The van der Waals surface area contributed by atoms with Crippen LogP contribution in [0.3, 0.4) is 0 Å². The van der Waals surface area contributed by atoms with Gasteiger partial charge in [-0.05, 0) is 44.2 Å². The molecular weight excluding hydrogens is 311 g/mol. The molecule has 1 heterocycles. The van der Waals surface area contributed by atoms with E-state index in [9.17, 15) is 22.8 Å². The zero-order valence-electron chi connectivity index (χ0n) is 12.4. The number of amides is 1. The second-order valence-corrected chi connectivity index (χ2v) is 5.00. The summed E-state index contributed by atoms with van der Waals surface area (Å²) in [6.45, 7) is 3.16. The highest BCUT2D eigenvalue weighted by Gasteiger charge is 2.30. The van der Waals surface area contributed by atoms with Crippen molar-refractivity contribution in [2.45, 2.75) is 26.1 Å². The maximum Gasteiger partial charge on any atom is 0.416 e. The molecule has 0 aliphatic heterocycles. The minimum absolute atomic E-state index is 0.204. The average Bonchev–Trinajstić information content (AvgIpc) is 2.48. The number of rotatable bonds is 3. The first kappa shape index (κ1) is 16.7. The SMILES string of the molecule is Cc1ccc(=O)n(C(C)C(=O)Nc2ccc(C(F)(F)F)cc2)n1. The van der Waals surface area contributed by atoms with Crippen LogP contribution in [0.25, 0.3) is 0 Å². The van der Waals surface area contributed by atoms with Crippen molar-refractivity contribution in [2.75, 3.05) is 5.32 Å². The molecule has 5 nitrogen and oxygen atoms in total. The lowest BCUT2D eigenvalue weighted by Crippen LogP contribution is -2.33. The number of carbonyl (C=O) groups is 1. The molecule has 0 bridgehead atoms. The highest BCUT2D eigenvalue weighted by atomic mass is 19.4. The summed E-state index contributed by atoms with van der Waals surface area (Å²) >= 11 is 0. The topological polar surface area (TPSA) is 64.0 Å². The van der Waals surface area contributed by atoms with Crippen molar-refractivity contribution in [1.82, 2.24) is 9.78 Å². The number of benzene rings is 1. The van der Waals surface area contributed by atoms with Crippen LogP contribution in [0.5, 0.6) is 0 Å². The molecule has 1 amide bonds. The van der Waals surface area contributed by atoms with Crippen LogP contribution in [0.1, 0.15) is 24.2 Å². The summed E-state index contributed by atoms with van der Waals surface area (Å²) in [5, 5.41) is 6.44. The smallest absolute Gasteiger partial charge is 0.324 e. The van der Waals surface area contributed by atoms with Gasteiger partial charge in [0.15, 0.2) is 0 Å². The molecule has 122 valence electrons. The number of alkyl halides is 3. The van der Waals surface area contributed by atoms with Gasteiger partial charge in [0.25, 0.3) is 5.56 Å². The van der Waals surface area contributed by atoms with Gasteiger partial charge in [0.2, 0.25) is 5.91 Å². The Bertz CT molecular complexity index is 767. The Kier molecular flexibility index (Phi) is 4.53. The van der Waals surface area contributed by atoms with Crippen molar-refractivity contribution in [1.29, 1.82) is 0 Å². The van der Waals surface area contributed by atoms with Crippen LogP contribution in [0.15, 0.2) is 41.2 Å². The molecule has 0 fully saturated rings. The predicted molar refractivity (Wildman–Crippen MR) is 78.0 cm³/mol. The van der Waals surface area contributed by atoms with E-state index in [1.165, 1.54) is 19.1 Å². The number of hydrogen-bond acceptors (Lipinski definition) is 3. The molecule has 0 aliphatic carbocycles. The summed E-state index contributed by atoms with van der Waals surface area (Å²) in [4.78, 5) is 23.8. The fourth-order valence-electron chi connectivity index (χ4n) is 1.90. The monoisotopic (exact) mass is 325 g/mol. The zero-order chi connectivity index (χ0) is 17.2. The highest BCUT2D eigenvalue weighted by molar-refractivity contribution is 5.93. The third-order valence-corrected chi connectivity index (χ3v) is 3.18. The molecule has 1 aromatic carbocycles. The quantitative estimate of drug-likeness (QED) is 0.944. The molecule has 1 aromatic heterocycles. The van der Waals surface area contributed by atoms with Crippen molar-refractivity contribution >= 4 is 11.6 Å². The Hall–Kier alpha value is -2.64. The average molecular weight is 325 g/mol. The predicted octanol–water partition coefficient (Wildman–Crippen LogP) is 2.77. The first-order valence-electron chi connectivity index (χ1n) is 6.73. The van der Waals surface area contributed by atoms with E-state index in [2.05, 4.69) is 10.4 Å². The van der Waals surface area contributed by atoms with E-state index in [0.717, 1.165) is 28.9 Å². The number of nitrogens with zero attached hydrogens (tertiary/aromatic N) is 2. The van der Waals surface area contributed by atoms with Crippen LogP contribution in [0.2, 0.25) is 0 Å². The lowest BCUT2D eigenvalue weighted by atomic mass is 10.2. The molecule has 2 aromatic rings. The number of halogens is 3. The molecule has 0 radical (unpaired) electrons. The third kappa shape index (κ3) is 3.97. The Labute approximate surface area is 129 Å². The molecule has 0 spiro atoms. The highest BCUT2D eigenvalue weighted by Crippen LogP contribution is 2.29. The molecule has 0 saturated carbocycles. The van der Waals surface area contributed by atoms with Crippen molar-refractivity contribution in [3.8, 4) is 0 Å². The van der Waals surface area contributed by atoms with Crippen LogP contribution in [-0.2, 0) is 11.0 Å². The number of anilines is 1. The van der Waals surface area contributed by atoms with Crippen LogP contribution in [0.4, 0.5) is 18.9 Å². The van der Waals surface area contributed by atoms with E-state index in [-0.39, 0.29) is 5.69 Å². The Morgan fingerprint density at radius 1 is 1.17 bits per heavy atom. The third-order valence-electron chi connectivity index (χ3n) is 3.18. The maximum atomic E-state index is 12.5. The second kappa shape index (κ2) is 6.23. The molecule has 1 N–H and O–H groups in total. The van der Waals surface area contributed by atoms with Gasteiger partial charge in [-0.1, -0.05) is 0 Å². The minimum Gasteiger partial charge on any atom is -0.324 e. The molecular formula is C15H14F3N3O2. The standard InChI is InChI=1S/C15H14F3N3O2/c1-9-3-8-13(22)21(20-9)10(2)14(23)19-12-6-4-11(5-7-12)15(16,17)18/h3-8,10H,1-2H3,(H,19,23). The van der Waals surface area contributed by atoms with Gasteiger partial charge in [-0.15, -0.1) is 0 Å². The second-order valence-electron chi connectivity index (χ2n) is 5.00. The Morgan fingerprint density at radius 2 is 1.78 bits per heavy atom. The summed E-state index contributed by atoms with van der Waals surface area (Å²) < 4.78 is 38.5. The normalized spacial score (nSPS) is 12.7. The van der Waals surface area contributed by atoms with Gasteiger partial charge in [0, 0.05) is 11.8 Å². The van der Waals surface area contributed by atoms with Gasteiger partial charge in [-0.25, -0.2) is 4.68 Å². The summed E-state index contributed by atoms with van der Waals surface area (Å²) in [5.74, 6) is -0.551. The van der Waals surface area contributed by atoms with Crippen molar-refractivity contribution in [3.05, 3.63) is 58.0 Å². The van der Waals surface area contributed by atoms with Gasteiger partial charge in [-0.3, -0.25) is 9.59 Å². The first-order chi connectivity index (χ1) is 10.7. The lowest BCUT2D eigenvalue weighted by molar-refractivity contribution is -0.137. The number of aromatic nitrogens is 2. The number of aryl methyl sites for hydroxylation is 1. The molecule has 8 heteroatoms. The van der Waals surface area contributed by atoms with Crippen molar-refractivity contribution in [3.63, 3.8) is 0 Å². The molecule has 2 rings (SSSR count). The Balaban J connectivity index is 2.15. The van der Waals surface area contributed by atoms with Gasteiger partial charge in [0.05, 0.1) is 11.3 Å². The Morgan fingerprint density at radius 3 is 2.35 bits per heavy atom. The van der Waals surface area contributed by atoms with E-state index < -0.39 is 29.2 Å². The van der Waals surface area contributed by atoms with E-state index in [4.69, 9.17) is 0 Å². The lowest BCUT2D eigenvalue weighted by Gasteiger charge is -2.14. The van der Waals surface area contributed by atoms with Crippen molar-refractivity contribution in [2.24, 2.45) is 0 Å². The fraction of sp³-hybridized carbons (Fsp3) is 0.267. The summed E-state index contributed by atoms with van der Waals surface area (Å²) in [6, 6.07) is 5.97. The van der Waals surface area contributed by atoms with E-state index >= 15 is 0 Å². The van der Waals surface area contributed by atoms with Crippen molar-refractivity contribution < 1.29 is 18.0 Å². The summed E-state index contributed by atoms with van der Waals surface area (Å²) in [6.07, 6.45) is -4.44. The molecule has 1 unspecified atom stereocenters. The van der Waals surface area contributed by atoms with E-state index in [1.54, 1.807) is 6.92 Å². The number of nitrogens with one attached hydrogen (secondary N) is 1. The first-order valence-corrected chi connectivity index (χ1v) is 6.73. The summed E-state index contributed by atoms with van der Waals surface area (Å²) in [7, 11) is 0. The minimum atomic E-state index is -4.44. The number of carbonyl (C=O) groups excluding carboxylic acids is 1.